The Kier molecular flexibility index (Phi) is 3.81. The number of halogens is 1. The molecule has 0 unspecified atom stereocenters. The van der Waals surface area contributed by atoms with E-state index in [9.17, 15) is 4.39 Å². The number of nitrogens with one attached hydrogen (secondary N) is 1. The quantitative estimate of drug-likeness (QED) is 0.832. The molecule has 0 saturated carbocycles. The minimum Gasteiger partial charge on any atom is -0.381 e. The molecule has 0 atom stereocenters. The fourth-order valence-corrected chi connectivity index (χ4v) is 1.76. The summed E-state index contributed by atoms with van der Waals surface area (Å²) in [5, 5.41) is 3.26. The molecule has 17 heavy (non-hydrogen) atoms. The zero-order chi connectivity index (χ0) is 12.1. The molecule has 0 aliphatic carbocycles. The zero-order valence-corrected chi connectivity index (χ0v) is 9.99. The maximum atomic E-state index is 12.7. The standard InChI is InChI=1S/C14H17FN2/c1-2-8-17-9-7-12(11-17)10-16-14-5-3-13(15)4-6-14/h3-7,9,11,16H,2,8,10H2,1H3. The van der Waals surface area contributed by atoms with Crippen LogP contribution in [0.3, 0.4) is 0 Å². The van der Waals surface area contributed by atoms with Crippen molar-refractivity contribution in [1.29, 1.82) is 0 Å². The molecule has 0 radical (unpaired) electrons. The Hall–Kier alpha value is -1.77. The van der Waals surface area contributed by atoms with Crippen LogP contribution in [-0.2, 0) is 13.1 Å². The second-order valence-electron chi connectivity index (χ2n) is 4.12. The molecule has 0 saturated heterocycles. The molecule has 0 fully saturated rings. The number of hydrogen-bond donors (Lipinski definition) is 1. The van der Waals surface area contributed by atoms with E-state index in [1.165, 1.54) is 17.7 Å². The number of aryl methyl sites for hydroxylation is 1. The van der Waals surface area contributed by atoms with Gasteiger partial charge in [0.05, 0.1) is 0 Å². The van der Waals surface area contributed by atoms with Crippen LogP contribution in [0.25, 0.3) is 0 Å². The summed E-state index contributed by atoms with van der Waals surface area (Å²) in [4.78, 5) is 0. The van der Waals surface area contributed by atoms with Crippen molar-refractivity contribution >= 4 is 5.69 Å². The Morgan fingerprint density at radius 3 is 2.65 bits per heavy atom. The second kappa shape index (κ2) is 5.53. The van der Waals surface area contributed by atoms with Gasteiger partial charge in [-0.15, -0.1) is 0 Å². The lowest BCUT2D eigenvalue weighted by atomic mass is 10.3. The van der Waals surface area contributed by atoms with Crippen LogP contribution >= 0.6 is 0 Å². The fourth-order valence-electron chi connectivity index (χ4n) is 1.76. The van der Waals surface area contributed by atoms with Gasteiger partial charge in [0.1, 0.15) is 5.82 Å². The smallest absolute Gasteiger partial charge is 0.123 e. The zero-order valence-electron chi connectivity index (χ0n) is 9.99. The molecule has 1 aromatic carbocycles. The van der Waals surface area contributed by atoms with E-state index < -0.39 is 0 Å². The molecule has 1 aromatic heterocycles. The molecule has 2 aromatic rings. The molecule has 1 N–H and O–H groups in total. The van der Waals surface area contributed by atoms with E-state index in [0.29, 0.717) is 0 Å². The first-order valence-corrected chi connectivity index (χ1v) is 5.92. The van der Waals surface area contributed by atoms with Crippen molar-refractivity contribution in [2.24, 2.45) is 0 Å². The van der Waals surface area contributed by atoms with E-state index in [1.807, 2.05) is 0 Å². The molecule has 2 nitrogen and oxygen atoms in total. The van der Waals surface area contributed by atoms with Gasteiger partial charge < -0.3 is 9.88 Å². The number of benzene rings is 1. The monoisotopic (exact) mass is 232 g/mol. The molecule has 0 aliphatic rings. The molecule has 90 valence electrons. The van der Waals surface area contributed by atoms with Crippen LogP contribution < -0.4 is 5.32 Å². The van der Waals surface area contributed by atoms with Gasteiger partial charge in [0.15, 0.2) is 0 Å². The third kappa shape index (κ3) is 3.34. The summed E-state index contributed by atoms with van der Waals surface area (Å²) in [6.07, 6.45) is 5.37. The van der Waals surface area contributed by atoms with Crippen LogP contribution in [-0.4, -0.2) is 4.57 Å². The summed E-state index contributed by atoms with van der Waals surface area (Å²) in [6.45, 7) is 3.98. The van der Waals surface area contributed by atoms with Gasteiger partial charge in [-0.25, -0.2) is 4.39 Å². The van der Waals surface area contributed by atoms with Gasteiger partial charge in [-0.05, 0) is 42.3 Å². The lowest BCUT2D eigenvalue weighted by Crippen LogP contribution is -1.98. The average Bonchev–Trinajstić information content (AvgIpc) is 2.77. The van der Waals surface area contributed by atoms with E-state index >= 15 is 0 Å². The Bertz CT molecular complexity index is 459. The summed E-state index contributed by atoms with van der Waals surface area (Å²) >= 11 is 0. The fraction of sp³-hybridized carbons (Fsp3) is 0.286. The average molecular weight is 232 g/mol. The first-order valence-electron chi connectivity index (χ1n) is 5.92. The predicted molar refractivity (Wildman–Crippen MR) is 68.4 cm³/mol. The van der Waals surface area contributed by atoms with Gasteiger partial charge in [0, 0.05) is 31.2 Å². The Morgan fingerprint density at radius 2 is 1.94 bits per heavy atom. The number of hydrogen-bond acceptors (Lipinski definition) is 1. The maximum Gasteiger partial charge on any atom is 0.123 e. The predicted octanol–water partition coefficient (Wildman–Crippen LogP) is 3.65. The molecule has 0 bridgehead atoms. The Balaban J connectivity index is 1.90. The summed E-state index contributed by atoms with van der Waals surface area (Å²) in [5.74, 6) is -0.204. The lowest BCUT2D eigenvalue weighted by molar-refractivity contribution is 0.628. The van der Waals surface area contributed by atoms with Gasteiger partial charge >= 0.3 is 0 Å². The first-order chi connectivity index (χ1) is 8.28. The number of anilines is 1. The third-order valence-corrected chi connectivity index (χ3v) is 2.63. The highest BCUT2D eigenvalue weighted by molar-refractivity contribution is 5.43. The highest BCUT2D eigenvalue weighted by Crippen LogP contribution is 2.10. The maximum absolute atomic E-state index is 12.7. The van der Waals surface area contributed by atoms with Crippen LogP contribution in [0.1, 0.15) is 18.9 Å². The van der Waals surface area contributed by atoms with Crippen molar-refractivity contribution in [3.63, 3.8) is 0 Å². The number of aromatic nitrogens is 1. The topological polar surface area (TPSA) is 17.0 Å². The summed E-state index contributed by atoms with van der Waals surface area (Å²) in [6, 6.07) is 8.53. The molecular weight excluding hydrogens is 215 g/mol. The van der Waals surface area contributed by atoms with Gasteiger partial charge in [-0.1, -0.05) is 6.92 Å². The SMILES string of the molecule is CCCn1ccc(CNc2ccc(F)cc2)c1. The lowest BCUT2D eigenvalue weighted by Gasteiger charge is -2.04. The third-order valence-electron chi connectivity index (χ3n) is 2.63. The Morgan fingerprint density at radius 1 is 1.18 bits per heavy atom. The largest absolute Gasteiger partial charge is 0.381 e. The molecule has 2 rings (SSSR count). The summed E-state index contributed by atoms with van der Waals surface area (Å²) < 4.78 is 14.9. The molecule has 0 aliphatic heterocycles. The van der Waals surface area contributed by atoms with Crippen molar-refractivity contribution in [1.82, 2.24) is 4.57 Å². The van der Waals surface area contributed by atoms with Gasteiger partial charge in [-0.3, -0.25) is 0 Å². The van der Waals surface area contributed by atoms with Crippen molar-refractivity contribution in [2.75, 3.05) is 5.32 Å². The van der Waals surface area contributed by atoms with Crippen LogP contribution in [0.5, 0.6) is 0 Å². The minimum atomic E-state index is -0.204. The number of nitrogens with zero attached hydrogens (tertiary/aromatic N) is 1. The molecule has 0 amide bonds. The number of rotatable bonds is 5. The molecular formula is C14H17FN2. The summed E-state index contributed by atoms with van der Waals surface area (Å²) in [5.41, 5.74) is 2.18. The van der Waals surface area contributed by atoms with E-state index in [0.717, 1.165) is 25.2 Å². The van der Waals surface area contributed by atoms with Gasteiger partial charge in [0.25, 0.3) is 0 Å². The molecule has 0 spiro atoms. The van der Waals surface area contributed by atoms with E-state index in [1.54, 1.807) is 12.1 Å². The van der Waals surface area contributed by atoms with Gasteiger partial charge in [0.2, 0.25) is 0 Å². The highest BCUT2D eigenvalue weighted by atomic mass is 19.1. The summed E-state index contributed by atoms with van der Waals surface area (Å²) in [7, 11) is 0. The molecule has 1 heterocycles. The first kappa shape index (κ1) is 11.7. The Labute approximate surface area is 101 Å². The van der Waals surface area contributed by atoms with Crippen molar-refractivity contribution < 1.29 is 4.39 Å². The van der Waals surface area contributed by atoms with Crippen LogP contribution in [0.15, 0.2) is 42.7 Å². The van der Waals surface area contributed by atoms with E-state index in [4.69, 9.17) is 0 Å². The molecule has 3 heteroatoms. The van der Waals surface area contributed by atoms with Crippen molar-refractivity contribution in [2.45, 2.75) is 26.4 Å². The van der Waals surface area contributed by atoms with Crippen LogP contribution in [0.4, 0.5) is 10.1 Å². The van der Waals surface area contributed by atoms with E-state index in [2.05, 4.69) is 35.3 Å². The van der Waals surface area contributed by atoms with Crippen molar-refractivity contribution in [3.8, 4) is 0 Å². The van der Waals surface area contributed by atoms with Gasteiger partial charge in [-0.2, -0.15) is 0 Å². The van der Waals surface area contributed by atoms with Crippen LogP contribution in [0, 0.1) is 5.82 Å². The normalized spacial score (nSPS) is 10.5. The highest BCUT2D eigenvalue weighted by Gasteiger charge is 1.97. The van der Waals surface area contributed by atoms with Crippen molar-refractivity contribution in [3.05, 3.63) is 54.1 Å². The van der Waals surface area contributed by atoms with E-state index in [-0.39, 0.29) is 5.82 Å². The minimum absolute atomic E-state index is 0.204. The second-order valence-corrected chi connectivity index (χ2v) is 4.12. The van der Waals surface area contributed by atoms with Crippen LogP contribution in [0.2, 0.25) is 0 Å².